The second-order valence-corrected chi connectivity index (χ2v) is 10.3. The van der Waals surface area contributed by atoms with Gasteiger partial charge in [-0.2, -0.15) is 0 Å². The molecule has 1 aromatic carbocycles. The smallest absolute Gasteiger partial charge is 0.309 e. The van der Waals surface area contributed by atoms with Gasteiger partial charge in [0.05, 0.1) is 31.2 Å². The van der Waals surface area contributed by atoms with Gasteiger partial charge in [0, 0.05) is 35.2 Å². The summed E-state index contributed by atoms with van der Waals surface area (Å²) in [5.41, 5.74) is 3.83. The Balaban J connectivity index is 1.73. The molecule has 2 aliphatic rings. The third-order valence-electron chi connectivity index (χ3n) is 6.63. The van der Waals surface area contributed by atoms with E-state index in [4.69, 9.17) is 16.3 Å². The summed E-state index contributed by atoms with van der Waals surface area (Å²) >= 11 is 8.16. The van der Waals surface area contributed by atoms with E-state index in [9.17, 15) is 9.59 Å². The van der Waals surface area contributed by atoms with Gasteiger partial charge in [-0.15, -0.1) is 11.3 Å². The van der Waals surface area contributed by atoms with Crippen molar-refractivity contribution in [2.24, 2.45) is 5.92 Å². The van der Waals surface area contributed by atoms with Gasteiger partial charge in [-0.25, -0.2) is 0 Å². The number of thiophene rings is 1. The number of carbonyl (C=O) groups excluding carboxylic acids is 2. The number of esters is 1. The van der Waals surface area contributed by atoms with Crippen molar-refractivity contribution in [3.8, 4) is 0 Å². The predicted octanol–water partition coefficient (Wildman–Crippen LogP) is 4.19. The van der Waals surface area contributed by atoms with Crippen LogP contribution in [0.25, 0.3) is 0 Å². The van der Waals surface area contributed by atoms with Gasteiger partial charge in [0.15, 0.2) is 0 Å². The second kappa shape index (κ2) is 10.4. The van der Waals surface area contributed by atoms with Gasteiger partial charge >= 0.3 is 5.97 Å². The van der Waals surface area contributed by atoms with Crippen LogP contribution < -0.4 is 10.2 Å². The molecule has 0 bridgehead atoms. The van der Waals surface area contributed by atoms with Gasteiger partial charge in [-0.3, -0.25) is 9.59 Å². The molecule has 1 aliphatic carbocycles. The fourth-order valence-electron chi connectivity index (χ4n) is 5.21. The Morgan fingerprint density at radius 3 is 2.69 bits per heavy atom. The van der Waals surface area contributed by atoms with Crippen LogP contribution >= 0.6 is 22.9 Å². The molecule has 7 heteroatoms. The number of carbonyl (C=O) groups is 2. The highest BCUT2D eigenvalue weighted by Crippen LogP contribution is 2.43. The topological polar surface area (TPSA) is 59.8 Å². The van der Waals surface area contributed by atoms with Crippen molar-refractivity contribution < 1.29 is 19.2 Å². The van der Waals surface area contributed by atoms with Crippen molar-refractivity contribution in [3.63, 3.8) is 0 Å². The zero-order chi connectivity index (χ0) is 22.7. The first kappa shape index (κ1) is 23.3. The van der Waals surface area contributed by atoms with Crippen LogP contribution in [0.5, 0.6) is 0 Å². The number of halogens is 1. The molecule has 1 fully saturated rings. The standard InChI is InChI=1S/C25H31ClN2O3S/c1-3-31-25(30)17-11-13-28(14-12-17)23(18-7-6-8-19(26)15-18)22-20-9-4-5-10-21(20)32-24(22)27-16(2)29/h6-8,15,17,23H,3-5,9-14H2,1-2H3,(H,27,29)/p+1. The number of quaternary nitrogens is 1. The maximum absolute atomic E-state index is 12.3. The number of fused-ring (bicyclic) bond motifs is 1. The van der Waals surface area contributed by atoms with Crippen LogP contribution in [-0.2, 0) is 27.2 Å². The lowest BCUT2D eigenvalue weighted by Crippen LogP contribution is -3.13. The fourth-order valence-corrected chi connectivity index (χ4v) is 6.79. The third-order valence-corrected chi connectivity index (χ3v) is 8.09. The molecule has 1 unspecified atom stereocenters. The highest BCUT2D eigenvalue weighted by molar-refractivity contribution is 7.16. The van der Waals surface area contributed by atoms with E-state index < -0.39 is 0 Å². The monoisotopic (exact) mass is 475 g/mol. The average molecular weight is 476 g/mol. The predicted molar refractivity (Wildman–Crippen MR) is 129 cm³/mol. The van der Waals surface area contributed by atoms with Gasteiger partial charge in [-0.05, 0) is 50.3 Å². The number of likely N-dealkylation sites (tertiary alicyclic amines) is 1. The third kappa shape index (κ3) is 5.03. The van der Waals surface area contributed by atoms with Gasteiger partial charge in [0.1, 0.15) is 11.0 Å². The van der Waals surface area contributed by atoms with E-state index in [1.807, 2.05) is 19.1 Å². The highest BCUT2D eigenvalue weighted by Gasteiger charge is 2.38. The number of ether oxygens (including phenoxy) is 1. The van der Waals surface area contributed by atoms with Crippen LogP contribution in [0.1, 0.15) is 67.1 Å². The summed E-state index contributed by atoms with van der Waals surface area (Å²) in [4.78, 5) is 27.2. The van der Waals surface area contributed by atoms with E-state index >= 15 is 0 Å². The fraction of sp³-hybridized carbons (Fsp3) is 0.520. The van der Waals surface area contributed by atoms with E-state index in [1.165, 1.54) is 39.3 Å². The largest absolute Gasteiger partial charge is 0.466 e. The van der Waals surface area contributed by atoms with Crippen molar-refractivity contribution in [1.29, 1.82) is 0 Å². The van der Waals surface area contributed by atoms with Crippen LogP contribution in [0, 0.1) is 5.92 Å². The number of hydrogen-bond acceptors (Lipinski definition) is 4. The molecule has 5 nitrogen and oxygen atoms in total. The van der Waals surface area contributed by atoms with Crippen LogP contribution in [0.2, 0.25) is 5.02 Å². The quantitative estimate of drug-likeness (QED) is 0.616. The number of benzene rings is 1. The van der Waals surface area contributed by atoms with E-state index in [0.717, 1.165) is 48.8 Å². The molecule has 1 aliphatic heterocycles. The molecule has 2 heterocycles. The Labute approximate surface area is 199 Å². The number of hydrogen-bond donors (Lipinski definition) is 2. The first-order valence-corrected chi connectivity index (χ1v) is 12.9. The van der Waals surface area contributed by atoms with Crippen molar-refractivity contribution >= 4 is 39.8 Å². The van der Waals surface area contributed by atoms with Crippen molar-refractivity contribution in [3.05, 3.63) is 50.9 Å². The first-order chi connectivity index (χ1) is 15.5. The van der Waals surface area contributed by atoms with Crippen LogP contribution in [0.3, 0.4) is 0 Å². The van der Waals surface area contributed by atoms with Crippen molar-refractivity contribution in [2.45, 2.75) is 58.4 Å². The molecule has 1 aromatic heterocycles. The van der Waals surface area contributed by atoms with Crippen LogP contribution in [-0.4, -0.2) is 31.6 Å². The summed E-state index contributed by atoms with van der Waals surface area (Å²) in [6.07, 6.45) is 6.14. The zero-order valence-electron chi connectivity index (χ0n) is 18.8. The van der Waals surface area contributed by atoms with E-state index in [-0.39, 0.29) is 23.8 Å². The molecule has 4 rings (SSSR count). The SMILES string of the molecule is CCOC(=O)C1CC[NH+](C(c2cccc(Cl)c2)c2c(NC(C)=O)sc3c2CCCC3)CC1. The Kier molecular flexibility index (Phi) is 7.54. The summed E-state index contributed by atoms with van der Waals surface area (Å²) in [6.45, 7) is 5.62. The number of anilines is 1. The van der Waals surface area contributed by atoms with Gasteiger partial charge < -0.3 is 15.0 Å². The number of amides is 1. The van der Waals surface area contributed by atoms with Crippen molar-refractivity contribution in [2.75, 3.05) is 25.0 Å². The minimum absolute atomic E-state index is 0.0232. The Morgan fingerprint density at radius 1 is 1.25 bits per heavy atom. The minimum Gasteiger partial charge on any atom is -0.466 e. The molecule has 172 valence electrons. The maximum atomic E-state index is 12.3. The molecule has 1 amide bonds. The molecule has 0 saturated carbocycles. The zero-order valence-corrected chi connectivity index (χ0v) is 20.4. The van der Waals surface area contributed by atoms with Gasteiger partial charge in [0.2, 0.25) is 5.91 Å². The molecule has 1 saturated heterocycles. The Morgan fingerprint density at radius 2 is 2.00 bits per heavy atom. The number of aryl methyl sites for hydroxylation is 1. The molecule has 32 heavy (non-hydrogen) atoms. The molecule has 0 radical (unpaired) electrons. The maximum Gasteiger partial charge on any atom is 0.309 e. The number of nitrogens with one attached hydrogen (secondary N) is 2. The summed E-state index contributed by atoms with van der Waals surface area (Å²) in [6, 6.07) is 8.19. The average Bonchev–Trinajstić information content (AvgIpc) is 3.12. The van der Waals surface area contributed by atoms with Crippen molar-refractivity contribution in [1.82, 2.24) is 0 Å². The lowest BCUT2D eigenvalue weighted by Gasteiger charge is -2.35. The van der Waals surface area contributed by atoms with Crippen LogP contribution in [0.15, 0.2) is 24.3 Å². The van der Waals surface area contributed by atoms with E-state index in [0.29, 0.717) is 6.61 Å². The molecular formula is C25H32ClN2O3S+. The number of rotatable bonds is 6. The molecule has 2 N–H and O–H groups in total. The summed E-state index contributed by atoms with van der Waals surface area (Å²) < 4.78 is 5.28. The first-order valence-electron chi connectivity index (χ1n) is 11.7. The minimum atomic E-state index is -0.0716. The summed E-state index contributed by atoms with van der Waals surface area (Å²) in [5.74, 6) is -0.131. The summed E-state index contributed by atoms with van der Waals surface area (Å²) in [7, 11) is 0. The second-order valence-electron chi connectivity index (χ2n) is 8.81. The number of piperidine rings is 1. The van der Waals surface area contributed by atoms with Crippen LogP contribution in [0.4, 0.5) is 5.00 Å². The van der Waals surface area contributed by atoms with Gasteiger partial charge in [0.25, 0.3) is 0 Å². The molecule has 0 spiro atoms. The van der Waals surface area contributed by atoms with E-state index in [1.54, 1.807) is 18.3 Å². The highest BCUT2D eigenvalue weighted by atomic mass is 35.5. The Bertz CT molecular complexity index is 982. The molecular weight excluding hydrogens is 444 g/mol. The lowest BCUT2D eigenvalue weighted by molar-refractivity contribution is -0.931. The van der Waals surface area contributed by atoms with E-state index in [2.05, 4.69) is 17.4 Å². The molecule has 1 atom stereocenters. The Hall–Kier alpha value is -1.89. The normalized spacial score (nSPS) is 21.5. The van der Waals surface area contributed by atoms with Gasteiger partial charge in [-0.1, -0.05) is 23.7 Å². The molecule has 2 aromatic rings. The summed E-state index contributed by atoms with van der Waals surface area (Å²) in [5, 5.41) is 4.84. The lowest BCUT2D eigenvalue weighted by atomic mass is 9.87.